The second kappa shape index (κ2) is 6.17. The van der Waals surface area contributed by atoms with E-state index in [0.29, 0.717) is 12.0 Å². The Labute approximate surface area is 106 Å². The minimum absolute atomic E-state index is 0.173. The molecule has 0 aromatic rings. The van der Waals surface area contributed by atoms with Crippen molar-refractivity contribution in [3.63, 3.8) is 0 Å². The van der Waals surface area contributed by atoms with Gasteiger partial charge in [0.05, 0.1) is 6.10 Å². The van der Waals surface area contributed by atoms with Crippen LogP contribution in [0.15, 0.2) is 0 Å². The molecular formula is C14H28N2O. The quantitative estimate of drug-likeness (QED) is 0.787. The number of aliphatic hydroxyl groups excluding tert-OH is 1. The largest absolute Gasteiger partial charge is 0.393 e. The summed E-state index contributed by atoms with van der Waals surface area (Å²) in [6, 6.07) is 1.31. The fourth-order valence-corrected chi connectivity index (χ4v) is 3.44. The molecule has 0 amide bonds. The van der Waals surface area contributed by atoms with Gasteiger partial charge in [-0.05, 0) is 39.2 Å². The van der Waals surface area contributed by atoms with Gasteiger partial charge in [0, 0.05) is 25.2 Å². The third-order valence-electron chi connectivity index (χ3n) is 4.42. The molecule has 100 valence electrons. The SMILES string of the molecule is CC(O)C1CC(NC2CCCCC2)CN(C)C1. The van der Waals surface area contributed by atoms with Crippen molar-refractivity contribution in [2.75, 3.05) is 20.1 Å². The molecule has 17 heavy (non-hydrogen) atoms. The Bertz CT molecular complexity index is 226. The molecule has 3 heteroatoms. The molecule has 1 aliphatic heterocycles. The highest BCUT2D eigenvalue weighted by atomic mass is 16.3. The first-order chi connectivity index (χ1) is 8.15. The van der Waals surface area contributed by atoms with Crippen molar-refractivity contribution >= 4 is 0 Å². The number of likely N-dealkylation sites (tertiary alicyclic amines) is 1. The summed E-state index contributed by atoms with van der Waals surface area (Å²) >= 11 is 0. The minimum atomic E-state index is -0.173. The van der Waals surface area contributed by atoms with Crippen molar-refractivity contribution in [3.8, 4) is 0 Å². The lowest BCUT2D eigenvalue weighted by molar-refractivity contribution is 0.0549. The van der Waals surface area contributed by atoms with Gasteiger partial charge in [-0.3, -0.25) is 0 Å². The number of nitrogens with one attached hydrogen (secondary N) is 1. The maximum absolute atomic E-state index is 9.76. The summed E-state index contributed by atoms with van der Waals surface area (Å²) in [7, 11) is 2.17. The van der Waals surface area contributed by atoms with Crippen molar-refractivity contribution in [2.45, 2.75) is 63.6 Å². The van der Waals surface area contributed by atoms with E-state index in [1.165, 1.54) is 32.1 Å². The van der Waals surface area contributed by atoms with Crippen LogP contribution in [0.5, 0.6) is 0 Å². The first-order valence-corrected chi connectivity index (χ1v) is 7.28. The Morgan fingerprint density at radius 2 is 1.82 bits per heavy atom. The monoisotopic (exact) mass is 240 g/mol. The number of rotatable bonds is 3. The van der Waals surface area contributed by atoms with Crippen molar-refractivity contribution in [2.24, 2.45) is 5.92 Å². The molecule has 3 unspecified atom stereocenters. The number of hydrogen-bond acceptors (Lipinski definition) is 3. The van der Waals surface area contributed by atoms with E-state index in [9.17, 15) is 5.11 Å². The van der Waals surface area contributed by atoms with Gasteiger partial charge < -0.3 is 15.3 Å². The average Bonchev–Trinajstić information content (AvgIpc) is 2.29. The molecule has 1 saturated carbocycles. The molecule has 2 N–H and O–H groups in total. The van der Waals surface area contributed by atoms with Gasteiger partial charge in [0.15, 0.2) is 0 Å². The maximum Gasteiger partial charge on any atom is 0.0553 e. The summed E-state index contributed by atoms with van der Waals surface area (Å²) in [5, 5.41) is 13.6. The standard InChI is InChI=1S/C14H28N2O/c1-11(17)12-8-14(10-16(2)9-12)15-13-6-4-3-5-7-13/h11-15,17H,3-10H2,1-2H3. The molecule has 1 aliphatic carbocycles. The van der Waals surface area contributed by atoms with Crippen LogP contribution in [0.4, 0.5) is 0 Å². The summed E-state index contributed by atoms with van der Waals surface area (Å²) in [6.07, 6.45) is 7.85. The second-order valence-corrected chi connectivity index (χ2v) is 6.16. The Hall–Kier alpha value is -0.120. The molecule has 0 spiro atoms. The third-order valence-corrected chi connectivity index (χ3v) is 4.42. The van der Waals surface area contributed by atoms with Crippen molar-refractivity contribution in [1.82, 2.24) is 10.2 Å². The van der Waals surface area contributed by atoms with E-state index in [2.05, 4.69) is 17.3 Å². The van der Waals surface area contributed by atoms with Crippen LogP contribution in [0.1, 0.15) is 45.4 Å². The number of likely N-dealkylation sites (N-methyl/N-ethyl adjacent to an activating group) is 1. The van der Waals surface area contributed by atoms with Crippen LogP contribution in [0.3, 0.4) is 0 Å². The highest BCUT2D eigenvalue weighted by molar-refractivity contribution is 4.87. The van der Waals surface area contributed by atoms with Crippen LogP contribution in [-0.4, -0.2) is 48.3 Å². The van der Waals surface area contributed by atoms with E-state index in [0.717, 1.165) is 25.6 Å². The van der Waals surface area contributed by atoms with E-state index in [1.807, 2.05) is 6.92 Å². The van der Waals surface area contributed by atoms with E-state index in [-0.39, 0.29) is 6.10 Å². The van der Waals surface area contributed by atoms with Gasteiger partial charge in [0.25, 0.3) is 0 Å². The first-order valence-electron chi connectivity index (χ1n) is 7.28. The molecule has 2 fully saturated rings. The normalized spacial score (nSPS) is 34.8. The summed E-state index contributed by atoms with van der Waals surface area (Å²) in [4.78, 5) is 2.36. The Morgan fingerprint density at radius 3 is 2.47 bits per heavy atom. The molecule has 3 atom stereocenters. The molecule has 1 saturated heterocycles. The smallest absolute Gasteiger partial charge is 0.0553 e. The topological polar surface area (TPSA) is 35.5 Å². The lowest BCUT2D eigenvalue weighted by atomic mass is 9.88. The van der Waals surface area contributed by atoms with Crippen LogP contribution in [0.25, 0.3) is 0 Å². The maximum atomic E-state index is 9.76. The van der Waals surface area contributed by atoms with Crippen LogP contribution in [-0.2, 0) is 0 Å². The van der Waals surface area contributed by atoms with Crippen molar-refractivity contribution in [1.29, 1.82) is 0 Å². The summed E-state index contributed by atoms with van der Waals surface area (Å²) < 4.78 is 0. The van der Waals surface area contributed by atoms with Gasteiger partial charge in [0.2, 0.25) is 0 Å². The molecule has 3 nitrogen and oxygen atoms in total. The zero-order valence-corrected chi connectivity index (χ0v) is 11.4. The van der Waals surface area contributed by atoms with Crippen molar-refractivity contribution in [3.05, 3.63) is 0 Å². The van der Waals surface area contributed by atoms with Gasteiger partial charge in [-0.2, -0.15) is 0 Å². The number of nitrogens with zero attached hydrogens (tertiary/aromatic N) is 1. The highest BCUT2D eigenvalue weighted by Crippen LogP contribution is 2.23. The molecule has 1 heterocycles. The summed E-state index contributed by atoms with van der Waals surface area (Å²) in [5.74, 6) is 0.440. The lowest BCUT2D eigenvalue weighted by Crippen LogP contribution is -2.52. The fraction of sp³-hybridized carbons (Fsp3) is 1.00. The minimum Gasteiger partial charge on any atom is -0.393 e. The molecular weight excluding hydrogens is 212 g/mol. The first kappa shape index (κ1) is 13.3. The highest BCUT2D eigenvalue weighted by Gasteiger charge is 2.29. The van der Waals surface area contributed by atoms with E-state index in [1.54, 1.807) is 0 Å². The lowest BCUT2D eigenvalue weighted by Gasteiger charge is -2.39. The van der Waals surface area contributed by atoms with Gasteiger partial charge in [0.1, 0.15) is 0 Å². The van der Waals surface area contributed by atoms with Gasteiger partial charge in [-0.25, -0.2) is 0 Å². The number of piperidine rings is 1. The Balaban J connectivity index is 1.82. The average molecular weight is 240 g/mol. The molecule has 2 rings (SSSR count). The Kier molecular flexibility index (Phi) is 4.83. The van der Waals surface area contributed by atoms with E-state index in [4.69, 9.17) is 0 Å². The van der Waals surface area contributed by atoms with Gasteiger partial charge in [-0.1, -0.05) is 19.3 Å². The van der Waals surface area contributed by atoms with Gasteiger partial charge >= 0.3 is 0 Å². The molecule has 0 aromatic heterocycles. The van der Waals surface area contributed by atoms with E-state index < -0.39 is 0 Å². The van der Waals surface area contributed by atoms with Crippen LogP contribution in [0.2, 0.25) is 0 Å². The third kappa shape index (κ3) is 3.94. The molecule has 2 aliphatic rings. The molecule has 0 aromatic carbocycles. The van der Waals surface area contributed by atoms with Crippen LogP contribution >= 0.6 is 0 Å². The Morgan fingerprint density at radius 1 is 1.12 bits per heavy atom. The predicted molar refractivity (Wildman–Crippen MR) is 71.1 cm³/mol. The van der Waals surface area contributed by atoms with Crippen molar-refractivity contribution < 1.29 is 5.11 Å². The summed E-state index contributed by atoms with van der Waals surface area (Å²) in [5.41, 5.74) is 0. The molecule has 0 radical (unpaired) electrons. The van der Waals surface area contributed by atoms with Gasteiger partial charge in [-0.15, -0.1) is 0 Å². The summed E-state index contributed by atoms with van der Waals surface area (Å²) in [6.45, 7) is 4.11. The number of hydrogen-bond donors (Lipinski definition) is 2. The van der Waals surface area contributed by atoms with Crippen LogP contribution in [0, 0.1) is 5.92 Å². The molecule has 0 bridgehead atoms. The number of aliphatic hydroxyl groups is 1. The van der Waals surface area contributed by atoms with Crippen LogP contribution < -0.4 is 5.32 Å². The zero-order valence-electron chi connectivity index (χ0n) is 11.4. The second-order valence-electron chi connectivity index (χ2n) is 6.16. The van der Waals surface area contributed by atoms with E-state index >= 15 is 0 Å². The zero-order chi connectivity index (χ0) is 12.3. The predicted octanol–water partition coefficient (Wildman–Crippen LogP) is 1.61. The fourth-order valence-electron chi connectivity index (χ4n) is 3.44.